The Bertz CT molecular complexity index is 581. The molecule has 2 heterocycles. The molecule has 2 aliphatic rings. The summed E-state index contributed by atoms with van der Waals surface area (Å²) in [6.45, 7) is 1.45. The molecule has 0 spiro atoms. The number of hydrogen-bond acceptors (Lipinski definition) is 4. The maximum absolute atomic E-state index is 11.7. The summed E-state index contributed by atoms with van der Waals surface area (Å²) in [5.41, 5.74) is 0. The Kier molecular flexibility index (Phi) is 4.59. The number of imide groups is 1. The number of halogens is 1. The summed E-state index contributed by atoms with van der Waals surface area (Å²) in [7, 11) is 0. The molecular formula is C16H16BrNO4. The third kappa shape index (κ3) is 3.39. The van der Waals surface area contributed by atoms with Crippen molar-refractivity contribution in [3.8, 4) is 5.75 Å². The van der Waals surface area contributed by atoms with Crippen LogP contribution in [0.3, 0.4) is 0 Å². The lowest BCUT2D eigenvalue weighted by Gasteiger charge is -2.33. The van der Waals surface area contributed by atoms with Crippen LogP contribution in [0.5, 0.6) is 5.75 Å². The lowest BCUT2D eigenvalue weighted by atomic mass is 9.96. The first-order valence-electron chi connectivity index (χ1n) is 7.17. The number of amides is 2. The predicted octanol–water partition coefficient (Wildman–Crippen LogP) is 2.16. The molecule has 1 aromatic rings. The smallest absolute Gasteiger partial charge is 0.253 e. The number of ether oxygens (including phenoxy) is 2. The summed E-state index contributed by atoms with van der Waals surface area (Å²) in [6, 6.07) is 7.57. The van der Waals surface area contributed by atoms with Gasteiger partial charge in [-0.25, -0.2) is 0 Å². The molecule has 0 radical (unpaired) electrons. The normalized spacial score (nSPS) is 24.9. The van der Waals surface area contributed by atoms with Gasteiger partial charge in [-0.2, -0.15) is 0 Å². The van der Waals surface area contributed by atoms with E-state index in [4.69, 9.17) is 9.47 Å². The van der Waals surface area contributed by atoms with Crippen LogP contribution >= 0.6 is 15.9 Å². The van der Waals surface area contributed by atoms with Crippen molar-refractivity contribution in [3.63, 3.8) is 0 Å². The van der Waals surface area contributed by atoms with Crippen molar-refractivity contribution in [1.29, 1.82) is 0 Å². The van der Waals surface area contributed by atoms with Gasteiger partial charge in [0.15, 0.2) is 0 Å². The first-order chi connectivity index (χ1) is 10.6. The van der Waals surface area contributed by atoms with Crippen LogP contribution in [0.15, 0.2) is 40.9 Å². The average molecular weight is 366 g/mol. The zero-order valence-corrected chi connectivity index (χ0v) is 13.5. The van der Waals surface area contributed by atoms with E-state index in [1.807, 2.05) is 24.3 Å². The molecule has 2 unspecified atom stereocenters. The third-order valence-electron chi connectivity index (χ3n) is 3.86. The van der Waals surface area contributed by atoms with Gasteiger partial charge < -0.3 is 9.47 Å². The third-order valence-corrected chi connectivity index (χ3v) is 4.39. The number of rotatable bonds is 4. The van der Waals surface area contributed by atoms with E-state index < -0.39 is 0 Å². The molecule has 0 saturated carbocycles. The Hall–Kier alpha value is -1.66. The molecule has 0 bridgehead atoms. The summed E-state index contributed by atoms with van der Waals surface area (Å²) >= 11 is 3.39. The van der Waals surface area contributed by atoms with Crippen LogP contribution in [0.1, 0.15) is 6.42 Å². The van der Waals surface area contributed by atoms with Crippen molar-refractivity contribution in [2.75, 3.05) is 19.8 Å². The van der Waals surface area contributed by atoms with E-state index in [-0.39, 0.29) is 23.8 Å². The van der Waals surface area contributed by atoms with E-state index in [2.05, 4.69) is 15.9 Å². The average Bonchev–Trinajstić information content (AvgIpc) is 2.83. The van der Waals surface area contributed by atoms with Crippen molar-refractivity contribution in [3.05, 3.63) is 40.9 Å². The summed E-state index contributed by atoms with van der Waals surface area (Å²) in [5.74, 6) is 0.323. The van der Waals surface area contributed by atoms with Crippen molar-refractivity contribution in [2.24, 2.45) is 5.92 Å². The molecule has 0 aromatic heterocycles. The monoisotopic (exact) mass is 365 g/mol. The predicted molar refractivity (Wildman–Crippen MR) is 83.3 cm³/mol. The van der Waals surface area contributed by atoms with Gasteiger partial charge in [0.25, 0.3) is 11.8 Å². The highest BCUT2D eigenvalue weighted by Crippen LogP contribution is 2.25. The highest BCUT2D eigenvalue weighted by Gasteiger charge is 2.33. The molecule has 2 amide bonds. The van der Waals surface area contributed by atoms with Gasteiger partial charge in [0.2, 0.25) is 0 Å². The van der Waals surface area contributed by atoms with Crippen LogP contribution in [0.4, 0.5) is 0 Å². The van der Waals surface area contributed by atoms with Crippen LogP contribution in [-0.2, 0) is 14.3 Å². The molecule has 2 atom stereocenters. The molecule has 5 nitrogen and oxygen atoms in total. The fraction of sp³-hybridized carbons (Fsp3) is 0.375. The number of hydrogen-bond donors (Lipinski definition) is 0. The number of carbonyl (C=O) groups excluding carboxylic acids is 2. The van der Waals surface area contributed by atoms with Crippen molar-refractivity contribution >= 4 is 27.7 Å². The SMILES string of the molecule is O=C1C=CC(=O)N1CC1CCOCC1Oc1ccc(Br)cc1. The standard InChI is InChI=1S/C16H16BrNO4/c17-12-1-3-13(4-2-12)22-14-10-21-8-7-11(14)9-18-15(19)5-6-16(18)20/h1-6,11,14H,7-10H2. The minimum Gasteiger partial charge on any atom is -0.488 e. The topological polar surface area (TPSA) is 55.8 Å². The van der Waals surface area contributed by atoms with Gasteiger partial charge in [-0.3, -0.25) is 14.5 Å². The minimum absolute atomic E-state index is 0.0743. The number of nitrogens with zero attached hydrogens (tertiary/aromatic N) is 1. The summed E-state index contributed by atoms with van der Waals surface area (Å²) in [4.78, 5) is 24.7. The van der Waals surface area contributed by atoms with Gasteiger partial charge in [-0.1, -0.05) is 15.9 Å². The van der Waals surface area contributed by atoms with Crippen LogP contribution in [-0.4, -0.2) is 42.6 Å². The van der Waals surface area contributed by atoms with Crippen molar-refractivity contribution in [2.45, 2.75) is 12.5 Å². The second-order valence-corrected chi connectivity index (χ2v) is 6.27. The van der Waals surface area contributed by atoms with Gasteiger partial charge in [-0.15, -0.1) is 0 Å². The molecule has 3 rings (SSSR count). The molecule has 1 aromatic carbocycles. The summed E-state index contributed by atoms with van der Waals surface area (Å²) in [6.07, 6.45) is 3.22. The lowest BCUT2D eigenvalue weighted by molar-refractivity contribution is -0.139. The highest BCUT2D eigenvalue weighted by molar-refractivity contribution is 9.10. The lowest BCUT2D eigenvalue weighted by Crippen LogP contribution is -2.45. The van der Waals surface area contributed by atoms with Crippen LogP contribution in [0, 0.1) is 5.92 Å². The Labute approximate surface area is 137 Å². The Morgan fingerprint density at radius 2 is 1.86 bits per heavy atom. The molecule has 0 aliphatic carbocycles. The Morgan fingerprint density at radius 1 is 1.18 bits per heavy atom. The molecule has 22 heavy (non-hydrogen) atoms. The maximum Gasteiger partial charge on any atom is 0.253 e. The van der Waals surface area contributed by atoms with Gasteiger partial charge in [0, 0.05) is 35.7 Å². The van der Waals surface area contributed by atoms with Crippen molar-refractivity contribution in [1.82, 2.24) is 4.90 Å². The first-order valence-corrected chi connectivity index (χ1v) is 7.96. The fourth-order valence-electron chi connectivity index (χ4n) is 2.63. The Balaban J connectivity index is 1.67. The summed E-state index contributed by atoms with van der Waals surface area (Å²) < 4.78 is 12.5. The fourth-order valence-corrected chi connectivity index (χ4v) is 2.89. The van der Waals surface area contributed by atoms with Gasteiger partial charge >= 0.3 is 0 Å². The quantitative estimate of drug-likeness (QED) is 0.767. The number of carbonyl (C=O) groups is 2. The van der Waals surface area contributed by atoms with Crippen LogP contribution in [0.25, 0.3) is 0 Å². The van der Waals surface area contributed by atoms with E-state index in [9.17, 15) is 9.59 Å². The zero-order chi connectivity index (χ0) is 15.5. The second-order valence-electron chi connectivity index (χ2n) is 5.35. The first kappa shape index (κ1) is 15.2. The van der Waals surface area contributed by atoms with E-state index in [1.54, 1.807) is 0 Å². The van der Waals surface area contributed by atoms with Gasteiger partial charge in [0.1, 0.15) is 11.9 Å². The zero-order valence-electron chi connectivity index (χ0n) is 11.9. The largest absolute Gasteiger partial charge is 0.488 e. The molecular weight excluding hydrogens is 350 g/mol. The molecule has 0 N–H and O–H groups in total. The Morgan fingerprint density at radius 3 is 2.55 bits per heavy atom. The van der Waals surface area contributed by atoms with Gasteiger partial charge in [0.05, 0.1) is 6.61 Å². The minimum atomic E-state index is -0.251. The molecule has 6 heteroatoms. The van der Waals surface area contributed by atoms with Gasteiger partial charge in [-0.05, 0) is 30.7 Å². The molecule has 116 valence electrons. The maximum atomic E-state index is 11.7. The summed E-state index contributed by atoms with van der Waals surface area (Å²) in [5, 5.41) is 0. The van der Waals surface area contributed by atoms with E-state index >= 15 is 0 Å². The van der Waals surface area contributed by atoms with E-state index in [1.165, 1.54) is 17.1 Å². The number of benzene rings is 1. The molecule has 1 saturated heterocycles. The van der Waals surface area contributed by atoms with Crippen molar-refractivity contribution < 1.29 is 19.1 Å². The highest BCUT2D eigenvalue weighted by atomic mass is 79.9. The van der Waals surface area contributed by atoms with Crippen LogP contribution in [0.2, 0.25) is 0 Å². The van der Waals surface area contributed by atoms with E-state index in [0.29, 0.717) is 19.8 Å². The molecule has 1 fully saturated rings. The van der Waals surface area contributed by atoms with Crippen LogP contribution < -0.4 is 4.74 Å². The second kappa shape index (κ2) is 6.62. The van der Waals surface area contributed by atoms with E-state index in [0.717, 1.165) is 16.6 Å². The molecule has 2 aliphatic heterocycles.